The third kappa shape index (κ3) is 6.46. The van der Waals surface area contributed by atoms with Crippen molar-refractivity contribution in [1.82, 2.24) is 10.6 Å². The van der Waals surface area contributed by atoms with Crippen LogP contribution in [0.3, 0.4) is 0 Å². The molecule has 0 saturated heterocycles. The zero-order valence-electron chi connectivity index (χ0n) is 12.5. The Morgan fingerprint density at radius 3 is 2.33 bits per heavy atom. The first-order valence-electron chi connectivity index (χ1n) is 6.61. The van der Waals surface area contributed by atoms with Crippen molar-refractivity contribution in [3.8, 4) is 0 Å². The van der Waals surface area contributed by atoms with Gasteiger partial charge in [-0.1, -0.05) is 12.1 Å². The normalized spacial score (nSPS) is 11.3. The first-order chi connectivity index (χ1) is 9.43. The number of amides is 3. The number of benzene rings is 1. The zero-order chi connectivity index (χ0) is 15.1. The topological polar surface area (TPSA) is 96.2 Å². The molecule has 0 spiro atoms. The minimum absolute atomic E-state index is 0. The molecule has 21 heavy (non-hydrogen) atoms. The van der Waals surface area contributed by atoms with Crippen LogP contribution in [0.25, 0.3) is 0 Å². The molecule has 1 rings (SSSR count). The van der Waals surface area contributed by atoms with E-state index in [2.05, 4.69) is 16.0 Å². The minimum atomic E-state index is -0.341. The number of hydrogen-bond donors (Lipinski definition) is 4. The number of urea groups is 1. The second kappa shape index (κ2) is 9.20. The van der Waals surface area contributed by atoms with Crippen molar-refractivity contribution in [3.63, 3.8) is 0 Å². The van der Waals surface area contributed by atoms with Crippen LogP contribution >= 0.6 is 12.4 Å². The molecule has 0 bridgehead atoms. The summed E-state index contributed by atoms with van der Waals surface area (Å²) in [6.45, 7) is 5.90. The number of carbonyl (C=O) groups excluding carboxylic acids is 2. The lowest BCUT2D eigenvalue weighted by Gasteiger charge is -2.15. The SMILES string of the molecule is CC(C)NC(=O)Nc1ccccc1C(=O)N[C@@H](C)CN.Cl. The Kier molecular flexibility index (Phi) is 8.42. The predicted molar refractivity (Wildman–Crippen MR) is 87.0 cm³/mol. The third-order valence-electron chi connectivity index (χ3n) is 2.57. The van der Waals surface area contributed by atoms with Crippen molar-refractivity contribution in [2.45, 2.75) is 32.9 Å². The van der Waals surface area contributed by atoms with Gasteiger partial charge in [0, 0.05) is 18.6 Å². The molecule has 6 nitrogen and oxygen atoms in total. The van der Waals surface area contributed by atoms with E-state index < -0.39 is 0 Å². The summed E-state index contributed by atoms with van der Waals surface area (Å²) in [7, 11) is 0. The molecule has 0 saturated carbocycles. The van der Waals surface area contributed by atoms with E-state index in [0.29, 0.717) is 17.8 Å². The van der Waals surface area contributed by atoms with Gasteiger partial charge in [0.1, 0.15) is 0 Å². The van der Waals surface area contributed by atoms with Gasteiger partial charge in [-0.2, -0.15) is 0 Å². The number of para-hydroxylation sites is 1. The van der Waals surface area contributed by atoms with Crippen LogP contribution in [0.5, 0.6) is 0 Å². The van der Waals surface area contributed by atoms with E-state index in [1.807, 2.05) is 20.8 Å². The van der Waals surface area contributed by atoms with Gasteiger partial charge in [-0.25, -0.2) is 4.79 Å². The average molecular weight is 315 g/mol. The maximum Gasteiger partial charge on any atom is 0.319 e. The summed E-state index contributed by atoms with van der Waals surface area (Å²) in [6, 6.07) is 6.40. The lowest BCUT2D eigenvalue weighted by atomic mass is 10.1. The summed E-state index contributed by atoms with van der Waals surface area (Å²) >= 11 is 0. The van der Waals surface area contributed by atoms with Crippen molar-refractivity contribution in [1.29, 1.82) is 0 Å². The van der Waals surface area contributed by atoms with E-state index in [-0.39, 0.29) is 36.4 Å². The molecular weight excluding hydrogens is 292 g/mol. The monoisotopic (exact) mass is 314 g/mol. The Bertz CT molecular complexity index is 480. The van der Waals surface area contributed by atoms with Crippen molar-refractivity contribution in [2.75, 3.05) is 11.9 Å². The number of hydrogen-bond acceptors (Lipinski definition) is 3. The van der Waals surface area contributed by atoms with Crippen molar-refractivity contribution < 1.29 is 9.59 Å². The van der Waals surface area contributed by atoms with Crippen LogP contribution in [-0.2, 0) is 0 Å². The van der Waals surface area contributed by atoms with Crippen LogP contribution in [0, 0.1) is 0 Å². The minimum Gasteiger partial charge on any atom is -0.348 e. The molecular formula is C14H23ClN4O2. The highest BCUT2D eigenvalue weighted by Gasteiger charge is 2.14. The summed E-state index contributed by atoms with van der Waals surface area (Å²) in [5, 5.41) is 8.14. The molecule has 7 heteroatoms. The highest BCUT2D eigenvalue weighted by atomic mass is 35.5. The van der Waals surface area contributed by atoms with E-state index in [0.717, 1.165) is 0 Å². The molecule has 118 valence electrons. The standard InChI is InChI=1S/C14H22N4O2.ClH/c1-9(2)16-14(20)18-12-7-5-4-6-11(12)13(19)17-10(3)8-15;/h4-7,9-10H,8,15H2,1-3H3,(H,17,19)(H2,16,18,20);1H/t10-;/m0./s1. The van der Waals surface area contributed by atoms with Gasteiger partial charge in [-0.15, -0.1) is 12.4 Å². The maximum atomic E-state index is 12.1. The van der Waals surface area contributed by atoms with Gasteiger partial charge in [0.05, 0.1) is 11.3 Å². The Morgan fingerprint density at radius 2 is 1.76 bits per heavy atom. The molecule has 0 fully saturated rings. The Labute approximate surface area is 131 Å². The molecule has 1 aromatic carbocycles. The van der Waals surface area contributed by atoms with Crippen LogP contribution in [-0.4, -0.2) is 30.6 Å². The number of rotatable bonds is 5. The molecule has 0 radical (unpaired) electrons. The molecule has 0 unspecified atom stereocenters. The molecule has 3 amide bonds. The van der Waals surface area contributed by atoms with Gasteiger partial charge < -0.3 is 21.7 Å². The van der Waals surface area contributed by atoms with E-state index >= 15 is 0 Å². The molecule has 0 aliphatic heterocycles. The van der Waals surface area contributed by atoms with Crippen molar-refractivity contribution in [2.24, 2.45) is 5.73 Å². The smallest absolute Gasteiger partial charge is 0.319 e. The lowest BCUT2D eigenvalue weighted by molar-refractivity contribution is 0.0942. The van der Waals surface area contributed by atoms with Gasteiger partial charge in [0.25, 0.3) is 5.91 Å². The van der Waals surface area contributed by atoms with Gasteiger partial charge >= 0.3 is 6.03 Å². The molecule has 1 aromatic rings. The fraction of sp³-hybridized carbons (Fsp3) is 0.429. The Hall–Kier alpha value is -1.79. The number of halogens is 1. The number of carbonyl (C=O) groups is 2. The molecule has 0 heterocycles. The Balaban J connectivity index is 0.00000400. The van der Waals surface area contributed by atoms with Crippen LogP contribution < -0.4 is 21.7 Å². The van der Waals surface area contributed by atoms with E-state index in [9.17, 15) is 9.59 Å². The van der Waals surface area contributed by atoms with Gasteiger partial charge in [-0.3, -0.25) is 4.79 Å². The quantitative estimate of drug-likeness (QED) is 0.666. The first kappa shape index (κ1) is 19.2. The Morgan fingerprint density at radius 1 is 1.14 bits per heavy atom. The van der Waals surface area contributed by atoms with E-state index in [4.69, 9.17) is 5.73 Å². The predicted octanol–water partition coefficient (Wildman–Crippen LogP) is 1.72. The lowest BCUT2D eigenvalue weighted by Crippen LogP contribution is -2.39. The highest BCUT2D eigenvalue weighted by molar-refractivity contribution is 6.03. The molecule has 0 aliphatic carbocycles. The molecule has 0 aromatic heterocycles. The number of nitrogens with two attached hydrogens (primary N) is 1. The summed E-state index contributed by atoms with van der Waals surface area (Å²) < 4.78 is 0. The molecule has 1 atom stereocenters. The largest absolute Gasteiger partial charge is 0.348 e. The highest BCUT2D eigenvalue weighted by Crippen LogP contribution is 2.15. The molecule has 0 aliphatic rings. The van der Waals surface area contributed by atoms with Crippen LogP contribution in [0.1, 0.15) is 31.1 Å². The summed E-state index contributed by atoms with van der Waals surface area (Å²) in [5.41, 5.74) is 6.35. The molecule has 5 N–H and O–H groups in total. The number of anilines is 1. The van der Waals surface area contributed by atoms with Crippen LogP contribution in [0.2, 0.25) is 0 Å². The van der Waals surface area contributed by atoms with Crippen LogP contribution in [0.4, 0.5) is 10.5 Å². The van der Waals surface area contributed by atoms with Gasteiger partial charge in [0.15, 0.2) is 0 Å². The fourth-order valence-corrected chi connectivity index (χ4v) is 1.57. The maximum absolute atomic E-state index is 12.1. The third-order valence-corrected chi connectivity index (χ3v) is 2.57. The second-order valence-corrected chi connectivity index (χ2v) is 4.91. The summed E-state index contributed by atoms with van der Waals surface area (Å²) in [5.74, 6) is -0.261. The van der Waals surface area contributed by atoms with Crippen molar-refractivity contribution >= 4 is 30.0 Å². The van der Waals surface area contributed by atoms with Gasteiger partial charge in [0.2, 0.25) is 0 Å². The average Bonchev–Trinajstić information content (AvgIpc) is 2.37. The van der Waals surface area contributed by atoms with E-state index in [1.54, 1.807) is 24.3 Å². The zero-order valence-corrected chi connectivity index (χ0v) is 13.3. The van der Waals surface area contributed by atoms with Gasteiger partial charge in [-0.05, 0) is 32.9 Å². The van der Waals surface area contributed by atoms with Crippen molar-refractivity contribution in [3.05, 3.63) is 29.8 Å². The van der Waals surface area contributed by atoms with Crippen LogP contribution in [0.15, 0.2) is 24.3 Å². The number of nitrogens with one attached hydrogen (secondary N) is 3. The first-order valence-corrected chi connectivity index (χ1v) is 6.61. The summed E-state index contributed by atoms with van der Waals surface area (Å²) in [4.78, 5) is 23.8. The second-order valence-electron chi connectivity index (χ2n) is 4.91. The fourth-order valence-electron chi connectivity index (χ4n) is 1.57. The van der Waals surface area contributed by atoms with E-state index in [1.165, 1.54) is 0 Å². The summed E-state index contributed by atoms with van der Waals surface area (Å²) in [6.07, 6.45) is 0.